The van der Waals surface area contributed by atoms with E-state index < -0.39 is 0 Å². The second-order valence-electron chi connectivity index (χ2n) is 14.0. The third-order valence-corrected chi connectivity index (χ3v) is 9.91. The van der Waals surface area contributed by atoms with Crippen molar-refractivity contribution >= 4 is 0 Å². The summed E-state index contributed by atoms with van der Waals surface area (Å²) >= 11 is 0. The van der Waals surface area contributed by atoms with Gasteiger partial charge in [0.05, 0.1) is 28.4 Å². The van der Waals surface area contributed by atoms with Gasteiger partial charge >= 0.3 is 0 Å². The monoisotopic (exact) mass is 683 g/mol. The van der Waals surface area contributed by atoms with Gasteiger partial charge in [0.2, 0.25) is 0 Å². The van der Waals surface area contributed by atoms with Crippen LogP contribution in [-0.2, 0) is 22.3 Å². The molecule has 2 aromatic carbocycles. The minimum absolute atomic E-state index is 0.343. The van der Waals surface area contributed by atoms with Crippen LogP contribution in [0.3, 0.4) is 0 Å². The van der Waals surface area contributed by atoms with Gasteiger partial charge in [0.1, 0.15) is 29.8 Å². The molecule has 0 fully saturated rings. The van der Waals surface area contributed by atoms with Crippen molar-refractivity contribution in [3.05, 3.63) is 59.2 Å². The van der Waals surface area contributed by atoms with Crippen molar-refractivity contribution in [1.29, 1.82) is 0 Å². The highest BCUT2D eigenvalue weighted by Gasteiger charge is 2.24. The van der Waals surface area contributed by atoms with Crippen molar-refractivity contribution < 1.29 is 28.4 Å². The summed E-state index contributed by atoms with van der Waals surface area (Å²) in [5.41, 5.74) is 4.95. The molecule has 0 bridgehead atoms. The van der Waals surface area contributed by atoms with Crippen LogP contribution in [0.1, 0.15) is 139 Å². The van der Waals surface area contributed by atoms with E-state index in [0.29, 0.717) is 37.1 Å². The fourth-order valence-corrected chi connectivity index (χ4v) is 7.26. The molecule has 6 heteroatoms. The van der Waals surface area contributed by atoms with Gasteiger partial charge in [-0.3, -0.25) is 0 Å². The van der Waals surface area contributed by atoms with Crippen LogP contribution in [0.15, 0.2) is 36.9 Å². The van der Waals surface area contributed by atoms with Gasteiger partial charge in [0.25, 0.3) is 0 Å². The molecular formula is C43H70O6. The minimum atomic E-state index is 0.343. The molecule has 0 unspecified atom stereocenters. The molecule has 4 atom stereocenters. The number of hydrogen-bond acceptors (Lipinski definition) is 6. The van der Waals surface area contributed by atoms with Crippen molar-refractivity contribution in [1.82, 2.24) is 0 Å². The van der Waals surface area contributed by atoms with Gasteiger partial charge in [-0.15, -0.1) is 6.58 Å². The lowest BCUT2D eigenvalue weighted by Crippen LogP contribution is -2.09. The summed E-state index contributed by atoms with van der Waals surface area (Å²) in [5, 5.41) is 0. The molecule has 0 amide bonds. The summed E-state index contributed by atoms with van der Waals surface area (Å²) in [6, 6.07) is 8.97. The molecule has 278 valence electrons. The Morgan fingerprint density at radius 2 is 1.02 bits per heavy atom. The largest absolute Gasteiger partial charge is 0.496 e. The zero-order chi connectivity index (χ0) is 36.0. The van der Waals surface area contributed by atoms with Crippen molar-refractivity contribution in [3.63, 3.8) is 0 Å². The fraction of sp³-hybridized carbons (Fsp3) is 0.674. The lowest BCUT2D eigenvalue weighted by molar-refractivity contribution is -0.0339. The molecule has 0 spiro atoms. The van der Waals surface area contributed by atoms with Crippen LogP contribution in [0.5, 0.6) is 23.0 Å². The number of unbranched alkanes of at least 4 members (excludes halogenated alkanes) is 3. The van der Waals surface area contributed by atoms with E-state index in [0.717, 1.165) is 67.9 Å². The number of benzene rings is 2. The predicted molar refractivity (Wildman–Crippen MR) is 205 cm³/mol. The Kier molecular flexibility index (Phi) is 21.2. The lowest BCUT2D eigenvalue weighted by atomic mass is 9.85. The molecule has 2 aromatic rings. The number of rotatable bonds is 28. The zero-order valence-corrected chi connectivity index (χ0v) is 32.7. The quantitative estimate of drug-likeness (QED) is 0.0506. The van der Waals surface area contributed by atoms with Crippen LogP contribution in [-0.4, -0.2) is 48.9 Å². The van der Waals surface area contributed by atoms with Crippen molar-refractivity contribution in [2.45, 2.75) is 129 Å². The second-order valence-corrected chi connectivity index (χ2v) is 14.0. The first-order valence-electron chi connectivity index (χ1n) is 19.0. The van der Waals surface area contributed by atoms with E-state index in [4.69, 9.17) is 28.4 Å². The molecule has 2 rings (SSSR count). The number of hydrogen-bond donors (Lipinski definition) is 0. The smallest absolute Gasteiger partial charge is 0.146 e. The third-order valence-electron chi connectivity index (χ3n) is 9.91. The van der Waals surface area contributed by atoms with E-state index in [1.807, 2.05) is 6.08 Å². The van der Waals surface area contributed by atoms with Crippen LogP contribution in [0, 0.1) is 11.8 Å². The summed E-state index contributed by atoms with van der Waals surface area (Å²) in [4.78, 5) is 0. The van der Waals surface area contributed by atoms with Crippen LogP contribution >= 0.6 is 0 Å². The Hall–Kier alpha value is -2.70. The first-order chi connectivity index (χ1) is 23.8. The van der Waals surface area contributed by atoms with E-state index in [1.165, 1.54) is 67.2 Å². The van der Waals surface area contributed by atoms with Gasteiger partial charge in [-0.1, -0.05) is 78.7 Å². The normalized spacial score (nSPS) is 13.8. The van der Waals surface area contributed by atoms with Crippen molar-refractivity contribution in [2.75, 3.05) is 48.9 Å². The van der Waals surface area contributed by atoms with Crippen molar-refractivity contribution in [3.8, 4) is 23.0 Å². The number of methoxy groups -OCH3 is 5. The van der Waals surface area contributed by atoms with E-state index in [9.17, 15) is 0 Å². The highest BCUT2D eigenvalue weighted by Crippen LogP contribution is 2.43. The molecule has 0 aliphatic heterocycles. The van der Waals surface area contributed by atoms with Crippen LogP contribution < -0.4 is 18.9 Å². The van der Waals surface area contributed by atoms with E-state index in [-0.39, 0.29) is 0 Å². The lowest BCUT2D eigenvalue weighted by Gasteiger charge is -2.24. The molecule has 0 aliphatic rings. The summed E-state index contributed by atoms with van der Waals surface area (Å²) < 4.78 is 34.5. The predicted octanol–water partition coefficient (Wildman–Crippen LogP) is 11.5. The standard InChI is InChI=1S/C43H70O6/c1-11-14-20-36(18-13-3)42-38(45-7)27-34(28-39(42)46-8)25-32(4)19-16-17-22-37(21-15-12-2)43-40(47-9)29-35(30-41(43)48-10)26-33(5)23-24-49-31-44-6/h13,27-30,32-33,36-37H,3,11-12,14-26,31H2,1-2,4-10H3/t32-,33-,36+,37-/m0/s1. The maximum atomic E-state index is 6.04. The van der Waals surface area contributed by atoms with E-state index in [1.54, 1.807) is 35.5 Å². The molecule has 0 saturated heterocycles. The number of ether oxygens (including phenoxy) is 6. The molecule has 0 heterocycles. The Labute approximate surface area is 300 Å². The molecule has 0 radical (unpaired) electrons. The maximum absolute atomic E-state index is 6.04. The molecule has 0 saturated carbocycles. The summed E-state index contributed by atoms with van der Waals surface area (Å²) in [5.74, 6) is 5.62. The van der Waals surface area contributed by atoms with Gasteiger partial charge < -0.3 is 28.4 Å². The highest BCUT2D eigenvalue weighted by molar-refractivity contribution is 5.51. The maximum Gasteiger partial charge on any atom is 0.146 e. The molecule has 0 aliphatic carbocycles. The molecule has 6 nitrogen and oxygen atoms in total. The van der Waals surface area contributed by atoms with Gasteiger partial charge in [-0.2, -0.15) is 0 Å². The first-order valence-corrected chi connectivity index (χ1v) is 19.0. The minimum Gasteiger partial charge on any atom is -0.496 e. The Morgan fingerprint density at radius 1 is 0.592 bits per heavy atom. The summed E-state index contributed by atoms with van der Waals surface area (Å²) in [6.07, 6.45) is 17.5. The molecule has 49 heavy (non-hydrogen) atoms. The Bertz CT molecular complexity index is 1140. The van der Waals surface area contributed by atoms with Gasteiger partial charge in [0, 0.05) is 24.8 Å². The van der Waals surface area contributed by atoms with Crippen LogP contribution in [0.25, 0.3) is 0 Å². The average molecular weight is 683 g/mol. The van der Waals surface area contributed by atoms with Crippen molar-refractivity contribution in [2.24, 2.45) is 11.8 Å². The average Bonchev–Trinajstić information content (AvgIpc) is 3.10. The topological polar surface area (TPSA) is 55.4 Å². The first kappa shape index (κ1) is 42.5. The van der Waals surface area contributed by atoms with E-state index >= 15 is 0 Å². The molecule has 0 aromatic heterocycles. The molecule has 0 N–H and O–H groups in total. The Balaban J connectivity index is 2.11. The van der Waals surface area contributed by atoms with Gasteiger partial charge in [-0.25, -0.2) is 0 Å². The third kappa shape index (κ3) is 14.2. The fourth-order valence-electron chi connectivity index (χ4n) is 7.26. The second kappa shape index (κ2) is 24.4. The summed E-state index contributed by atoms with van der Waals surface area (Å²) in [7, 11) is 8.81. The van der Waals surface area contributed by atoms with Gasteiger partial charge in [-0.05, 0) is 104 Å². The van der Waals surface area contributed by atoms with Crippen LogP contribution in [0.4, 0.5) is 0 Å². The summed E-state index contributed by atoms with van der Waals surface area (Å²) in [6.45, 7) is 14.2. The SMILES string of the molecule is C=CC[C@H](CCCC)c1c(OC)cc(C[C@@H](C)CCCC[C@H](CCCC)c2c(OC)cc(C[C@@H](C)CCOCOC)cc2OC)cc1OC. The molecular weight excluding hydrogens is 612 g/mol. The number of allylic oxidation sites excluding steroid dienone is 1. The highest BCUT2D eigenvalue weighted by atomic mass is 16.7. The zero-order valence-electron chi connectivity index (χ0n) is 32.7. The van der Waals surface area contributed by atoms with Gasteiger partial charge in [0.15, 0.2) is 0 Å². The van der Waals surface area contributed by atoms with E-state index in [2.05, 4.69) is 58.5 Å². The Morgan fingerprint density at radius 3 is 1.47 bits per heavy atom. The van der Waals surface area contributed by atoms with Crippen LogP contribution in [0.2, 0.25) is 0 Å².